The monoisotopic (exact) mass is 323 g/mol. The van der Waals surface area contributed by atoms with Gasteiger partial charge < -0.3 is 10.4 Å². The van der Waals surface area contributed by atoms with Gasteiger partial charge in [0.15, 0.2) is 0 Å². The van der Waals surface area contributed by atoms with Crippen molar-refractivity contribution in [1.82, 2.24) is 5.32 Å². The van der Waals surface area contributed by atoms with Crippen LogP contribution >= 0.6 is 0 Å². The number of nitrogens with one attached hydrogen (secondary N) is 1. The van der Waals surface area contributed by atoms with Crippen molar-refractivity contribution in [2.24, 2.45) is 0 Å². The first-order chi connectivity index (χ1) is 10.8. The number of amides is 1. The summed E-state index contributed by atoms with van der Waals surface area (Å²) < 4.78 is 38.8. The maximum absolute atomic E-state index is 12.9. The highest BCUT2D eigenvalue weighted by molar-refractivity contribution is 5.95. The van der Waals surface area contributed by atoms with Gasteiger partial charge in [0.2, 0.25) is 0 Å². The summed E-state index contributed by atoms with van der Waals surface area (Å²) in [4.78, 5) is 12.0. The summed E-state index contributed by atoms with van der Waals surface area (Å²) in [5.41, 5.74) is 0.00159. The fraction of sp³-hybridized carbons (Fsp3) is 0.235. The number of halogens is 3. The van der Waals surface area contributed by atoms with E-state index in [1.165, 1.54) is 18.2 Å². The van der Waals surface area contributed by atoms with Gasteiger partial charge in [-0.15, -0.1) is 0 Å². The summed E-state index contributed by atoms with van der Waals surface area (Å²) in [6.45, 7) is 1.45. The Bertz CT molecular complexity index is 698. The van der Waals surface area contributed by atoms with Gasteiger partial charge in [0.05, 0.1) is 11.7 Å². The highest BCUT2D eigenvalue weighted by Gasteiger charge is 2.34. The van der Waals surface area contributed by atoms with E-state index in [2.05, 4.69) is 5.32 Å². The lowest BCUT2D eigenvalue weighted by Gasteiger charge is -2.18. The Labute approximate surface area is 131 Å². The first kappa shape index (κ1) is 17.0. The molecule has 6 heteroatoms. The molecule has 0 fully saturated rings. The molecule has 0 aliphatic carbocycles. The van der Waals surface area contributed by atoms with Crippen LogP contribution in [0.2, 0.25) is 0 Å². The second kappa shape index (κ2) is 6.83. The Morgan fingerprint density at radius 3 is 2.39 bits per heavy atom. The molecule has 122 valence electrons. The molecule has 2 aromatic carbocycles. The molecule has 0 bridgehead atoms. The third-order valence-corrected chi connectivity index (χ3v) is 3.47. The topological polar surface area (TPSA) is 49.3 Å². The number of aryl methyl sites for hydroxylation is 1. The maximum Gasteiger partial charge on any atom is 0.416 e. The zero-order chi connectivity index (χ0) is 17.0. The minimum absolute atomic E-state index is 0.259. The van der Waals surface area contributed by atoms with Crippen LogP contribution < -0.4 is 5.32 Å². The van der Waals surface area contributed by atoms with Crippen molar-refractivity contribution in [3.05, 3.63) is 70.8 Å². The van der Waals surface area contributed by atoms with E-state index in [9.17, 15) is 23.1 Å². The molecule has 2 aromatic rings. The lowest BCUT2D eigenvalue weighted by Crippen LogP contribution is -2.29. The molecule has 0 saturated carbocycles. The Morgan fingerprint density at radius 2 is 1.74 bits per heavy atom. The standard InChI is InChI=1S/C17H16F3NO2/c1-11-6-2-3-7-12(11)16(23)21-10-15(22)13-8-4-5-9-14(13)17(18,19)20/h2-9,15,22H,10H2,1H3,(H,21,23)/t15-/m0/s1. The summed E-state index contributed by atoms with van der Waals surface area (Å²) in [5.74, 6) is -0.438. The molecule has 3 nitrogen and oxygen atoms in total. The maximum atomic E-state index is 12.9. The Kier molecular flexibility index (Phi) is 5.05. The second-order valence-corrected chi connectivity index (χ2v) is 5.13. The molecule has 0 spiro atoms. The normalized spacial score (nSPS) is 12.7. The molecule has 0 unspecified atom stereocenters. The zero-order valence-corrected chi connectivity index (χ0v) is 12.4. The number of carbonyl (C=O) groups is 1. The third kappa shape index (κ3) is 4.10. The molecule has 0 heterocycles. The Morgan fingerprint density at radius 1 is 1.13 bits per heavy atom. The van der Waals surface area contributed by atoms with Gasteiger partial charge in [-0.25, -0.2) is 0 Å². The molecular formula is C17H16F3NO2. The van der Waals surface area contributed by atoms with Crippen molar-refractivity contribution in [2.75, 3.05) is 6.54 Å². The van der Waals surface area contributed by atoms with Crippen LogP contribution in [0.1, 0.15) is 33.2 Å². The number of hydrogen-bond acceptors (Lipinski definition) is 2. The highest BCUT2D eigenvalue weighted by Crippen LogP contribution is 2.34. The summed E-state index contributed by atoms with van der Waals surface area (Å²) in [5, 5.41) is 12.5. The number of carbonyl (C=O) groups excluding carboxylic acids is 1. The Balaban J connectivity index is 2.11. The third-order valence-electron chi connectivity index (χ3n) is 3.47. The quantitative estimate of drug-likeness (QED) is 0.905. The molecule has 0 saturated heterocycles. The lowest BCUT2D eigenvalue weighted by molar-refractivity contribution is -0.139. The number of benzene rings is 2. The minimum Gasteiger partial charge on any atom is -0.387 e. The summed E-state index contributed by atoms with van der Waals surface area (Å²) in [6.07, 6.45) is -6.00. The van der Waals surface area contributed by atoms with Gasteiger partial charge in [0.1, 0.15) is 0 Å². The number of hydrogen-bond donors (Lipinski definition) is 2. The van der Waals surface area contributed by atoms with Gasteiger partial charge in [-0.05, 0) is 30.2 Å². The molecule has 1 amide bonds. The van der Waals surface area contributed by atoms with E-state index in [-0.39, 0.29) is 12.1 Å². The highest BCUT2D eigenvalue weighted by atomic mass is 19.4. The van der Waals surface area contributed by atoms with Gasteiger partial charge in [0.25, 0.3) is 5.91 Å². The van der Waals surface area contributed by atoms with Crippen LogP contribution in [-0.4, -0.2) is 17.6 Å². The van der Waals surface area contributed by atoms with Crippen LogP contribution in [0.15, 0.2) is 48.5 Å². The predicted molar refractivity (Wildman–Crippen MR) is 79.9 cm³/mol. The number of aliphatic hydroxyl groups excluding tert-OH is 1. The van der Waals surface area contributed by atoms with Crippen LogP contribution in [0.4, 0.5) is 13.2 Å². The second-order valence-electron chi connectivity index (χ2n) is 5.13. The molecule has 0 aromatic heterocycles. The van der Waals surface area contributed by atoms with E-state index >= 15 is 0 Å². The zero-order valence-electron chi connectivity index (χ0n) is 12.4. The van der Waals surface area contributed by atoms with E-state index in [1.54, 1.807) is 31.2 Å². The van der Waals surface area contributed by atoms with Crippen molar-refractivity contribution in [3.63, 3.8) is 0 Å². The van der Waals surface area contributed by atoms with E-state index in [1.807, 2.05) is 0 Å². The fourth-order valence-corrected chi connectivity index (χ4v) is 2.27. The molecule has 2 N–H and O–H groups in total. The van der Waals surface area contributed by atoms with E-state index in [4.69, 9.17) is 0 Å². The van der Waals surface area contributed by atoms with Crippen molar-refractivity contribution in [1.29, 1.82) is 0 Å². The van der Waals surface area contributed by atoms with Crippen LogP contribution in [-0.2, 0) is 6.18 Å². The largest absolute Gasteiger partial charge is 0.416 e. The molecule has 0 radical (unpaired) electrons. The van der Waals surface area contributed by atoms with Crippen LogP contribution in [0, 0.1) is 6.92 Å². The summed E-state index contributed by atoms with van der Waals surface area (Å²) >= 11 is 0. The van der Waals surface area contributed by atoms with Crippen LogP contribution in [0.5, 0.6) is 0 Å². The molecular weight excluding hydrogens is 307 g/mol. The van der Waals surface area contributed by atoms with Crippen molar-refractivity contribution in [2.45, 2.75) is 19.2 Å². The number of aliphatic hydroxyl groups is 1. The molecule has 0 aliphatic heterocycles. The van der Waals surface area contributed by atoms with Crippen LogP contribution in [0.25, 0.3) is 0 Å². The van der Waals surface area contributed by atoms with Crippen LogP contribution in [0.3, 0.4) is 0 Å². The van der Waals surface area contributed by atoms with E-state index in [0.29, 0.717) is 5.56 Å². The smallest absolute Gasteiger partial charge is 0.387 e. The van der Waals surface area contributed by atoms with Gasteiger partial charge >= 0.3 is 6.18 Å². The van der Waals surface area contributed by atoms with E-state index in [0.717, 1.165) is 11.6 Å². The SMILES string of the molecule is Cc1ccccc1C(=O)NC[C@H](O)c1ccccc1C(F)(F)F. The van der Waals surface area contributed by atoms with Gasteiger partial charge in [-0.2, -0.15) is 13.2 Å². The first-order valence-electron chi connectivity index (χ1n) is 6.98. The number of alkyl halides is 3. The first-order valence-corrected chi connectivity index (χ1v) is 6.98. The van der Waals surface area contributed by atoms with Gasteiger partial charge in [-0.1, -0.05) is 36.4 Å². The summed E-state index contributed by atoms with van der Waals surface area (Å²) in [7, 11) is 0. The minimum atomic E-state index is -4.56. The fourth-order valence-electron chi connectivity index (χ4n) is 2.27. The van der Waals surface area contributed by atoms with Gasteiger partial charge in [-0.3, -0.25) is 4.79 Å². The lowest BCUT2D eigenvalue weighted by atomic mass is 10.0. The molecule has 0 aliphatic rings. The molecule has 23 heavy (non-hydrogen) atoms. The number of rotatable bonds is 4. The average molecular weight is 323 g/mol. The van der Waals surface area contributed by atoms with E-state index < -0.39 is 23.8 Å². The van der Waals surface area contributed by atoms with Gasteiger partial charge in [0, 0.05) is 12.1 Å². The Hall–Kier alpha value is -2.34. The average Bonchev–Trinajstić information content (AvgIpc) is 2.52. The molecule has 1 atom stereocenters. The van der Waals surface area contributed by atoms with Crippen molar-refractivity contribution >= 4 is 5.91 Å². The molecule has 2 rings (SSSR count). The predicted octanol–water partition coefficient (Wildman–Crippen LogP) is 3.48. The van der Waals surface area contributed by atoms with Crippen molar-refractivity contribution < 1.29 is 23.1 Å². The summed E-state index contributed by atoms with van der Waals surface area (Å²) in [6, 6.07) is 11.6. The van der Waals surface area contributed by atoms with Crippen molar-refractivity contribution in [3.8, 4) is 0 Å².